The third-order valence-electron chi connectivity index (χ3n) is 15.5. The Hall–Kier alpha value is -2.00. The van der Waals surface area contributed by atoms with Crippen LogP contribution in [0.25, 0.3) is 0 Å². The number of piperidine rings is 2. The molecule has 0 spiro atoms. The van der Waals surface area contributed by atoms with Gasteiger partial charge in [-0.1, -0.05) is 18.4 Å². The van der Waals surface area contributed by atoms with Crippen molar-refractivity contribution in [3.05, 3.63) is 11.6 Å². The van der Waals surface area contributed by atoms with E-state index in [-0.39, 0.29) is 73.4 Å². The molecular formula is C43H68N4O10. The van der Waals surface area contributed by atoms with Gasteiger partial charge in [-0.3, -0.25) is 4.79 Å². The summed E-state index contributed by atoms with van der Waals surface area (Å²) in [6, 6.07) is 0. The van der Waals surface area contributed by atoms with Crippen LogP contribution in [-0.4, -0.2) is 125 Å². The van der Waals surface area contributed by atoms with E-state index in [9.17, 15) is 35.1 Å². The molecule has 0 radical (unpaired) electrons. The first-order valence-electron chi connectivity index (χ1n) is 21.8. The summed E-state index contributed by atoms with van der Waals surface area (Å²) in [6.45, 7) is 3.83. The zero-order valence-electron chi connectivity index (χ0n) is 33.8. The highest BCUT2D eigenvalue weighted by atomic mass is 16.6. The van der Waals surface area contributed by atoms with E-state index in [0.29, 0.717) is 51.6 Å². The van der Waals surface area contributed by atoms with Crippen molar-refractivity contribution in [1.82, 2.24) is 10.6 Å². The van der Waals surface area contributed by atoms with E-state index in [4.69, 9.17) is 25.7 Å². The molecule has 0 aromatic rings. The molecule has 14 heteroatoms. The first-order valence-corrected chi connectivity index (χ1v) is 21.8. The SMILES string of the molecule is CC=C(CO)C(=O)OC1CC2C(O)C3C(=O)CC(CO)OC3C3C2OC1(C)C(CC1CCC(N)NC1)CC#CC(CO)(C1CCCC(O)C1)C3C1CCNC(N)C1. The van der Waals surface area contributed by atoms with Crippen molar-refractivity contribution in [3.63, 3.8) is 0 Å². The quantitative estimate of drug-likeness (QED) is 0.0876. The number of allylic oxidation sites excluding steroid dienone is 1. The first-order chi connectivity index (χ1) is 27.4. The van der Waals surface area contributed by atoms with Crippen molar-refractivity contribution in [2.75, 3.05) is 32.9 Å². The van der Waals surface area contributed by atoms with Gasteiger partial charge in [0.25, 0.3) is 0 Å². The van der Waals surface area contributed by atoms with Crippen molar-refractivity contribution < 1.29 is 49.3 Å². The number of aliphatic hydroxyl groups is 5. The summed E-state index contributed by atoms with van der Waals surface area (Å²) >= 11 is 0. The van der Waals surface area contributed by atoms with Gasteiger partial charge in [0.05, 0.1) is 79.6 Å². The lowest BCUT2D eigenvalue weighted by atomic mass is 9.48. The van der Waals surface area contributed by atoms with Crippen molar-refractivity contribution >= 4 is 11.8 Å². The van der Waals surface area contributed by atoms with Crippen LogP contribution in [0.3, 0.4) is 0 Å². The molecule has 57 heavy (non-hydrogen) atoms. The summed E-state index contributed by atoms with van der Waals surface area (Å²) in [6.07, 6.45) is 2.95. The Labute approximate surface area is 337 Å². The number of carbonyl (C=O) groups excluding carboxylic acids is 2. The molecule has 0 aromatic heterocycles. The lowest BCUT2D eigenvalue weighted by Crippen LogP contribution is -2.72. The summed E-state index contributed by atoms with van der Waals surface area (Å²) in [5, 5.41) is 63.0. The Morgan fingerprint density at radius 2 is 1.84 bits per heavy atom. The average Bonchev–Trinajstić information content (AvgIpc) is 3.19. The van der Waals surface area contributed by atoms with Crippen molar-refractivity contribution in [1.29, 1.82) is 0 Å². The second kappa shape index (κ2) is 17.9. The van der Waals surface area contributed by atoms with Gasteiger partial charge in [-0.05, 0) is 108 Å². The molecule has 5 heterocycles. The number of rotatable bonds is 9. The van der Waals surface area contributed by atoms with Crippen LogP contribution in [0.1, 0.15) is 90.9 Å². The summed E-state index contributed by atoms with van der Waals surface area (Å²) < 4.78 is 20.8. The summed E-state index contributed by atoms with van der Waals surface area (Å²) in [7, 11) is 0. The zero-order valence-corrected chi connectivity index (χ0v) is 33.8. The number of Topliss-reactive ketones (excluding diaryl/α,β-unsaturated/α-hetero) is 1. The number of hydrogen-bond acceptors (Lipinski definition) is 14. The van der Waals surface area contributed by atoms with E-state index in [2.05, 4.69) is 22.5 Å². The number of nitrogens with two attached hydrogens (primary N) is 2. The molecule has 7 aliphatic rings. The van der Waals surface area contributed by atoms with Crippen LogP contribution >= 0.6 is 0 Å². The van der Waals surface area contributed by atoms with Gasteiger partial charge in [0, 0.05) is 30.6 Å². The number of carbonyl (C=O) groups is 2. The minimum Gasteiger partial charge on any atom is -0.456 e. The fraction of sp³-hybridized carbons (Fsp3) is 0.860. The van der Waals surface area contributed by atoms with Crippen LogP contribution in [0.5, 0.6) is 0 Å². The maximum atomic E-state index is 14.3. The minimum atomic E-state index is -1.21. The first kappa shape index (κ1) is 43.1. The van der Waals surface area contributed by atoms with E-state index >= 15 is 0 Å². The van der Waals surface area contributed by atoms with Crippen LogP contribution in [0.15, 0.2) is 11.6 Å². The van der Waals surface area contributed by atoms with E-state index < -0.39 is 83.9 Å². The van der Waals surface area contributed by atoms with E-state index in [1.807, 2.05) is 6.92 Å². The van der Waals surface area contributed by atoms with E-state index in [0.717, 1.165) is 25.7 Å². The molecule has 11 N–H and O–H groups in total. The molecule has 2 bridgehead atoms. The number of fused-ring (bicyclic) bond motifs is 3. The standard InChI is InChI=1S/C43H68N4O10/c1-3-24(20-48)41(54)56-32-18-30-38(53)35-31(52)17-29(21-49)55-40(35)36-37(25-11-13-46-34(45)15-25)43(22-50,27-6-4-8-28(51)16-27)12-5-7-26(42(32,2)57-39(30)36)14-23-9-10-33(44)47-19-23/h3,23,25-30,32-40,46-51,53H,4,6-11,13-22,44-45H2,1-2H3. The molecule has 0 amide bonds. The van der Waals surface area contributed by atoms with Crippen LogP contribution in [0, 0.1) is 64.6 Å². The molecule has 0 aromatic carbocycles. The lowest BCUT2D eigenvalue weighted by Gasteiger charge is -2.63. The number of aliphatic hydroxyl groups excluding tert-OH is 5. The predicted octanol–water partition coefficient (Wildman–Crippen LogP) is 0.455. The largest absolute Gasteiger partial charge is 0.456 e. The molecule has 2 aliphatic carbocycles. The van der Waals surface area contributed by atoms with Gasteiger partial charge in [0.2, 0.25) is 0 Å². The summed E-state index contributed by atoms with van der Waals surface area (Å²) in [4.78, 5) is 28.0. The fourth-order valence-corrected chi connectivity index (χ4v) is 12.5. The maximum Gasteiger partial charge on any atom is 0.336 e. The maximum absolute atomic E-state index is 14.3. The summed E-state index contributed by atoms with van der Waals surface area (Å²) in [5.74, 6) is 3.50. The fourth-order valence-electron chi connectivity index (χ4n) is 12.5. The highest BCUT2D eigenvalue weighted by Crippen LogP contribution is 2.60. The number of ether oxygens (including phenoxy) is 3. The van der Waals surface area contributed by atoms with E-state index in [1.165, 1.54) is 6.08 Å². The van der Waals surface area contributed by atoms with Crippen LogP contribution < -0.4 is 22.1 Å². The Bertz CT molecular complexity index is 1530. The van der Waals surface area contributed by atoms with E-state index in [1.54, 1.807) is 6.92 Å². The Morgan fingerprint density at radius 3 is 2.51 bits per heavy atom. The molecule has 18 atom stereocenters. The normalized spacial score (nSPS) is 47.9. The van der Waals surface area contributed by atoms with Crippen LogP contribution in [0.4, 0.5) is 0 Å². The molecule has 14 nitrogen and oxygen atoms in total. The van der Waals surface area contributed by atoms with Gasteiger partial charge < -0.3 is 61.8 Å². The summed E-state index contributed by atoms with van der Waals surface area (Å²) in [5.41, 5.74) is 10.8. The second-order valence-electron chi connectivity index (χ2n) is 18.7. The smallest absolute Gasteiger partial charge is 0.336 e. The topological polar surface area (TPSA) is 239 Å². The average molecular weight is 801 g/mol. The second-order valence-corrected chi connectivity index (χ2v) is 18.7. The van der Waals surface area contributed by atoms with Crippen molar-refractivity contribution in [2.24, 2.45) is 64.2 Å². The van der Waals surface area contributed by atoms with Gasteiger partial charge in [-0.25, -0.2) is 4.79 Å². The molecule has 2 saturated carbocycles. The zero-order chi connectivity index (χ0) is 40.6. The molecule has 18 unspecified atom stereocenters. The molecule has 320 valence electrons. The monoisotopic (exact) mass is 800 g/mol. The third kappa shape index (κ3) is 8.25. The van der Waals surface area contributed by atoms with Gasteiger partial charge in [-0.2, -0.15) is 0 Å². The molecule has 5 aliphatic heterocycles. The van der Waals surface area contributed by atoms with Gasteiger partial charge >= 0.3 is 5.97 Å². The number of hydrogen-bond donors (Lipinski definition) is 9. The molecule has 6 fully saturated rings. The van der Waals surface area contributed by atoms with Crippen LogP contribution in [-0.2, 0) is 23.8 Å². The minimum absolute atomic E-state index is 0.0548. The number of nitrogens with one attached hydrogen (secondary N) is 2. The lowest BCUT2D eigenvalue weighted by molar-refractivity contribution is -0.308. The Morgan fingerprint density at radius 1 is 1.04 bits per heavy atom. The predicted molar refractivity (Wildman–Crippen MR) is 209 cm³/mol. The van der Waals surface area contributed by atoms with Crippen molar-refractivity contribution in [3.8, 4) is 11.8 Å². The number of ketones is 1. The van der Waals surface area contributed by atoms with Crippen LogP contribution in [0.2, 0.25) is 0 Å². The Kier molecular flexibility index (Phi) is 13.6. The third-order valence-corrected chi connectivity index (χ3v) is 15.5. The Balaban J connectivity index is 1.44. The highest BCUT2D eigenvalue weighted by Gasteiger charge is 2.67. The molecular weight excluding hydrogens is 732 g/mol. The van der Waals surface area contributed by atoms with Gasteiger partial charge in [0.15, 0.2) is 0 Å². The molecule has 4 saturated heterocycles. The van der Waals surface area contributed by atoms with Gasteiger partial charge in [-0.15, -0.1) is 5.92 Å². The van der Waals surface area contributed by atoms with Gasteiger partial charge in [0.1, 0.15) is 17.5 Å². The molecule has 7 rings (SSSR count). The van der Waals surface area contributed by atoms with Crippen molar-refractivity contribution in [2.45, 2.75) is 145 Å². The highest BCUT2D eigenvalue weighted by molar-refractivity contribution is 5.88. The number of esters is 1.